The predicted octanol–water partition coefficient (Wildman–Crippen LogP) is 0.486. The summed E-state index contributed by atoms with van der Waals surface area (Å²) in [5.41, 5.74) is 1.64. The van der Waals surface area contributed by atoms with Crippen LogP contribution in [-0.4, -0.2) is 50.4 Å². The maximum Gasteiger partial charge on any atom is 0.291 e. The molecular formula is C17H17N7O3. The highest BCUT2D eigenvalue weighted by Gasteiger charge is 2.33. The van der Waals surface area contributed by atoms with Crippen LogP contribution in [0.25, 0.3) is 0 Å². The van der Waals surface area contributed by atoms with Crippen molar-refractivity contribution in [1.82, 2.24) is 30.8 Å². The van der Waals surface area contributed by atoms with Crippen LogP contribution in [-0.2, 0) is 17.6 Å². The molecule has 2 N–H and O–H groups in total. The van der Waals surface area contributed by atoms with Crippen LogP contribution in [0.1, 0.15) is 34.1 Å². The van der Waals surface area contributed by atoms with Crippen molar-refractivity contribution in [2.24, 2.45) is 0 Å². The van der Waals surface area contributed by atoms with E-state index < -0.39 is 11.9 Å². The second-order valence-electron chi connectivity index (χ2n) is 6.26. The largest absolute Gasteiger partial charge is 0.337 e. The number of aromatic amines is 1. The molecule has 1 aliphatic heterocycles. The Balaban J connectivity index is 1.43. The number of hydrogen-bond donors (Lipinski definition) is 2. The zero-order chi connectivity index (χ0) is 18.8. The lowest BCUT2D eigenvalue weighted by Crippen LogP contribution is -2.47. The molecule has 27 heavy (non-hydrogen) atoms. The lowest BCUT2D eigenvalue weighted by Gasteiger charge is -2.19. The van der Waals surface area contributed by atoms with E-state index in [1.807, 2.05) is 30.3 Å². The number of rotatable bonds is 4. The van der Waals surface area contributed by atoms with Crippen molar-refractivity contribution >= 4 is 17.6 Å². The molecule has 0 aliphatic carbocycles. The van der Waals surface area contributed by atoms with Gasteiger partial charge in [0, 0.05) is 13.5 Å². The molecule has 1 aromatic carbocycles. The van der Waals surface area contributed by atoms with E-state index in [-0.39, 0.29) is 11.7 Å². The number of carbonyl (C=O) groups excluding carboxylic acids is 2. The highest BCUT2D eigenvalue weighted by molar-refractivity contribution is 6.01. The predicted molar refractivity (Wildman–Crippen MR) is 92.9 cm³/mol. The van der Waals surface area contributed by atoms with Crippen LogP contribution in [0.4, 0.5) is 5.82 Å². The van der Waals surface area contributed by atoms with Gasteiger partial charge in [-0.2, -0.15) is 0 Å². The van der Waals surface area contributed by atoms with Gasteiger partial charge < -0.3 is 5.32 Å². The molecule has 4 rings (SSSR count). The molecule has 1 atom stereocenters. The van der Waals surface area contributed by atoms with Crippen molar-refractivity contribution in [3.63, 3.8) is 0 Å². The number of fused-ring (bicyclic) bond motifs is 1. The molecule has 0 unspecified atom stereocenters. The van der Waals surface area contributed by atoms with Crippen molar-refractivity contribution in [3.8, 4) is 0 Å². The highest BCUT2D eigenvalue weighted by atomic mass is 16.6. The van der Waals surface area contributed by atoms with E-state index in [2.05, 4.69) is 35.4 Å². The van der Waals surface area contributed by atoms with Crippen LogP contribution >= 0.6 is 0 Å². The first-order valence-electron chi connectivity index (χ1n) is 8.47. The van der Waals surface area contributed by atoms with Gasteiger partial charge in [0.2, 0.25) is 11.6 Å². The molecule has 2 aromatic heterocycles. The van der Waals surface area contributed by atoms with E-state index >= 15 is 0 Å². The van der Waals surface area contributed by atoms with Crippen LogP contribution in [0.3, 0.4) is 0 Å². The number of anilines is 1. The molecule has 0 saturated carbocycles. The van der Waals surface area contributed by atoms with Gasteiger partial charge in [-0.25, -0.2) is 9.61 Å². The van der Waals surface area contributed by atoms with E-state index in [0.29, 0.717) is 36.6 Å². The number of nitrogens with one attached hydrogen (secondary N) is 2. The first kappa shape index (κ1) is 16.9. The van der Waals surface area contributed by atoms with Gasteiger partial charge in [0.15, 0.2) is 0 Å². The topological polar surface area (TPSA) is 130 Å². The Morgan fingerprint density at radius 3 is 2.96 bits per heavy atom. The minimum atomic E-state index is -0.713. The molecular weight excluding hydrogens is 350 g/mol. The molecule has 3 heterocycles. The molecule has 3 aromatic rings. The molecule has 1 aliphatic rings. The van der Waals surface area contributed by atoms with Crippen molar-refractivity contribution < 1.29 is 14.2 Å². The van der Waals surface area contributed by atoms with E-state index in [4.69, 9.17) is 0 Å². The third-order valence-corrected chi connectivity index (χ3v) is 4.41. The molecule has 0 fully saturated rings. The maximum atomic E-state index is 12.6. The van der Waals surface area contributed by atoms with Crippen molar-refractivity contribution in [2.75, 3.05) is 11.9 Å². The van der Waals surface area contributed by atoms with Gasteiger partial charge in [-0.3, -0.25) is 19.6 Å². The van der Waals surface area contributed by atoms with Crippen LogP contribution in [0.2, 0.25) is 0 Å². The number of H-pyrrole nitrogens is 1. The summed E-state index contributed by atoms with van der Waals surface area (Å²) in [6, 6.07) is 9.02. The van der Waals surface area contributed by atoms with Gasteiger partial charge in [-0.15, -0.1) is 5.10 Å². The van der Waals surface area contributed by atoms with Crippen molar-refractivity contribution in [3.05, 3.63) is 53.2 Å². The number of amides is 2. The monoisotopic (exact) mass is 367 g/mol. The average Bonchev–Trinajstić information content (AvgIpc) is 3.32. The first-order chi connectivity index (χ1) is 13.1. The Hall–Kier alpha value is -3.56. The molecule has 0 saturated heterocycles. The third-order valence-electron chi connectivity index (χ3n) is 4.41. The molecule has 2 amide bonds. The van der Waals surface area contributed by atoms with E-state index in [1.54, 1.807) is 7.05 Å². The smallest absolute Gasteiger partial charge is 0.291 e. The first-order valence-corrected chi connectivity index (χ1v) is 8.47. The van der Waals surface area contributed by atoms with E-state index in [9.17, 15) is 9.59 Å². The van der Waals surface area contributed by atoms with Gasteiger partial charge in [-0.05, 0) is 23.6 Å². The van der Waals surface area contributed by atoms with Gasteiger partial charge >= 0.3 is 0 Å². The van der Waals surface area contributed by atoms with Crippen molar-refractivity contribution in [2.45, 2.75) is 25.3 Å². The number of benzene rings is 1. The number of aryl methyl sites for hydroxylation is 1. The fourth-order valence-electron chi connectivity index (χ4n) is 2.98. The fourth-order valence-corrected chi connectivity index (χ4v) is 2.98. The Kier molecular flexibility index (Phi) is 4.37. The normalized spacial score (nSPS) is 16.7. The third kappa shape index (κ3) is 3.41. The van der Waals surface area contributed by atoms with Crippen LogP contribution in [0, 0.1) is 0 Å². The van der Waals surface area contributed by atoms with Crippen LogP contribution in [0.5, 0.6) is 0 Å². The number of likely N-dealkylation sites (N-methyl/N-ethyl adjacent to an activating group) is 1. The number of aromatic nitrogens is 5. The summed E-state index contributed by atoms with van der Waals surface area (Å²) in [4.78, 5) is 30.6. The summed E-state index contributed by atoms with van der Waals surface area (Å²) < 4.78 is 4.67. The number of nitrogens with zero attached hydrogens (tertiary/aromatic N) is 5. The minimum Gasteiger partial charge on any atom is -0.337 e. The fraction of sp³-hybridized carbons (Fsp3) is 0.294. The Labute approximate surface area is 153 Å². The van der Waals surface area contributed by atoms with E-state index in [1.165, 1.54) is 4.90 Å². The second kappa shape index (κ2) is 6.98. The van der Waals surface area contributed by atoms with Gasteiger partial charge in [0.05, 0.1) is 0 Å². The summed E-state index contributed by atoms with van der Waals surface area (Å²) >= 11 is 0. The van der Waals surface area contributed by atoms with Crippen molar-refractivity contribution in [1.29, 1.82) is 0 Å². The van der Waals surface area contributed by atoms with Gasteiger partial charge in [0.25, 0.3) is 11.8 Å². The summed E-state index contributed by atoms with van der Waals surface area (Å²) in [6.45, 7) is 0. The molecule has 10 heteroatoms. The highest BCUT2D eigenvalue weighted by Crippen LogP contribution is 2.22. The number of hydrogen-bond acceptors (Lipinski definition) is 7. The maximum absolute atomic E-state index is 12.6. The van der Waals surface area contributed by atoms with Gasteiger partial charge in [0.1, 0.15) is 17.6 Å². The molecule has 138 valence electrons. The summed E-state index contributed by atoms with van der Waals surface area (Å²) in [6.07, 6.45) is 1.39. The summed E-state index contributed by atoms with van der Waals surface area (Å²) in [7, 11) is 1.57. The zero-order valence-corrected chi connectivity index (χ0v) is 14.5. The lowest BCUT2D eigenvalue weighted by atomic mass is 10.1. The second-order valence-corrected chi connectivity index (χ2v) is 6.26. The molecule has 10 nitrogen and oxygen atoms in total. The zero-order valence-electron chi connectivity index (χ0n) is 14.5. The molecule has 0 bridgehead atoms. The minimum absolute atomic E-state index is 0.00107. The summed E-state index contributed by atoms with van der Waals surface area (Å²) in [5.74, 6) is 0.145. The Morgan fingerprint density at radius 2 is 2.15 bits per heavy atom. The SMILES string of the molecule is CN1C(=O)[C@@H](NC(=O)c2n[nH]c(Cc3ccccc3)n2)CCc2nonc21. The summed E-state index contributed by atoms with van der Waals surface area (Å²) in [5, 5.41) is 17.0. The Morgan fingerprint density at radius 1 is 1.33 bits per heavy atom. The standard InChI is InChI=1S/C17H17N7O3/c1-24-15-11(22-27-23-15)7-8-12(17(24)26)18-16(25)14-19-13(20-21-14)9-10-5-3-2-4-6-10/h2-6,12H,7-9H2,1H3,(H,18,25)(H,19,20,21)/t12-/m0/s1. The van der Waals surface area contributed by atoms with Crippen LogP contribution in [0.15, 0.2) is 35.0 Å². The van der Waals surface area contributed by atoms with Crippen LogP contribution < -0.4 is 10.2 Å². The van der Waals surface area contributed by atoms with Gasteiger partial charge in [-0.1, -0.05) is 35.5 Å². The quantitative estimate of drug-likeness (QED) is 0.686. The molecule has 0 radical (unpaired) electrons. The van der Waals surface area contributed by atoms with E-state index in [0.717, 1.165) is 5.56 Å². The average molecular weight is 367 g/mol. The lowest BCUT2D eigenvalue weighted by molar-refractivity contribution is -0.120. The Bertz CT molecular complexity index is 966. The molecule has 0 spiro atoms. The number of carbonyl (C=O) groups is 2.